The first-order chi connectivity index (χ1) is 6.27. The lowest BCUT2D eigenvalue weighted by atomic mass is 10.2. The van der Waals surface area contributed by atoms with Crippen LogP contribution < -0.4 is 5.43 Å². The van der Waals surface area contributed by atoms with Crippen molar-refractivity contribution in [2.45, 2.75) is 26.6 Å². The van der Waals surface area contributed by atoms with E-state index in [1.165, 1.54) is 0 Å². The summed E-state index contributed by atoms with van der Waals surface area (Å²) >= 11 is 0. The third kappa shape index (κ3) is 2.78. The first-order valence-corrected chi connectivity index (χ1v) is 4.36. The van der Waals surface area contributed by atoms with Gasteiger partial charge in [-0.25, -0.2) is 5.43 Å². The van der Waals surface area contributed by atoms with E-state index in [-0.39, 0.29) is 12.3 Å². The fraction of sp³-hybridized carbons (Fsp3) is 0.750. The van der Waals surface area contributed by atoms with Crippen molar-refractivity contribution in [3.05, 3.63) is 0 Å². The fourth-order valence-corrected chi connectivity index (χ4v) is 1.06. The number of amides is 1. The van der Waals surface area contributed by atoms with Gasteiger partial charge in [-0.3, -0.25) is 4.79 Å². The van der Waals surface area contributed by atoms with Crippen LogP contribution in [0, 0.1) is 0 Å². The summed E-state index contributed by atoms with van der Waals surface area (Å²) < 4.78 is 10.5. The lowest BCUT2D eigenvalue weighted by molar-refractivity contribution is -0.119. The Kier molecular flexibility index (Phi) is 3.85. The highest BCUT2D eigenvalue weighted by atomic mass is 16.7. The van der Waals surface area contributed by atoms with Gasteiger partial charge in [-0.15, -0.1) is 0 Å². The highest BCUT2D eigenvalue weighted by Gasteiger charge is 2.24. The predicted octanol–water partition coefficient (Wildman–Crippen LogP) is 0.261. The average Bonchev–Trinajstić information content (AvgIpc) is 2.51. The second-order valence-electron chi connectivity index (χ2n) is 2.56. The van der Waals surface area contributed by atoms with Crippen LogP contribution in [0.2, 0.25) is 0 Å². The molecule has 0 aromatic rings. The topological polar surface area (TPSA) is 59.9 Å². The predicted molar refractivity (Wildman–Crippen MR) is 47.2 cm³/mol. The number of hydrogen-bond donors (Lipinski definition) is 1. The van der Waals surface area contributed by atoms with Gasteiger partial charge in [0.2, 0.25) is 5.91 Å². The molecule has 0 radical (unpaired) electrons. The molecule has 1 aliphatic rings. The molecule has 0 saturated heterocycles. The molecular weight excluding hydrogens is 172 g/mol. The van der Waals surface area contributed by atoms with Crippen LogP contribution in [0.15, 0.2) is 5.10 Å². The summed E-state index contributed by atoms with van der Waals surface area (Å²) in [5.74, 6) is -0.112. The molecule has 0 aliphatic carbocycles. The SMILES string of the molecule is CCOC(OCC)C1=NNC(=O)C1. The molecule has 1 amide bonds. The van der Waals surface area contributed by atoms with Crippen LogP contribution in [0.25, 0.3) is 0 Å². The zero-order valence-corrected chi connectivity index (χ0v) is 7.87. The first kappa shape index (κ1) is 10.1. The van der Waals surface area contributed by atoms with Crippen molar-refractivity contribution in [2.75, 3.05) is 13.2 Å². The van der Waals surface area contributed by atoms with Crippen LogP contribution in [-0.2, 0) is 14.3 Å². The molecule has 0 bridgehead atoms. The molecule has 5 heteroatoms. The van der Waals surface area contributed by atoms with Crippen LogP contribution in [0.4, 0.5) is 0 Å². The number of carbonyl (C=O) groups is 1. The second kappa shape index (κ2) is 4.94. The Bertz CT molecular complexity index is 209. The molecule has 74 valence electrons. The molecule has 0 unspecified atom stereocenters. The molecule has 5 nitrogen and oxygen atoms in total. The van der Waals surface area contributed by atoms with Crippen molar-refractivity contribution in [3.63, 3.8) is 0 Å². The molecular formula is C8H14N2O3. The fourth-order valence-electron chi connectivity index (χ4n) is 1.06. The molecule has 0 spiro atoms. The van der Waals surface area contributed by atoms with E-state index in [0.29, 0.717) is 18.9 Å². The first-order valence-electron chi connectivity index (χ1n) is 4.36. The molecule has 0 aromatic carbocycles. The van der Waals surface area contributed by atoms with Crippen molar-refractivity contribution in [1.29, 1.82) is 0 Å². The standard InChI is InChI=1S/C8H14N2O3/c1-3-12-8(13-4-2)6-5-7(11)10-9-6/h8H,3-5H2,1-2H3,(H,10,11). The van der Waals surface area contributed by atoms with Crippen molar-refractivity contribution in [3.8, 4) is 0 Å². The smallest absolute Gasteiger partial charge is 0.246 e. The van der Waals surface area contributed by atoms with Gasteiger partial charge >= 0.3 is 0 Å². The minimum atomic E-state index is -0.478. The third-order valence-electron chi connectivity index (χ3n) is 1.57. The normalized spacial score (nSPS) is 16.2. The summed E-state index contributed by atoms with van der Waals surface area (Å²) in [6.45, 7) is 4.82. The van der Waals surface area contributed by atoms with E-state index in [0.717, 1.165) is 0 Å². The zero-order valence-electron chi connectivity index (χ0n) is 7.87. The van der Waals surface area contributed by atoms with Crippen molar-refractivity contribution in [2.24, 2.45) is 5.10 Å². The summed E-state index contributed by atoms with van der Waals surface area (Å²) in [4.78, 5) is 10.8. The van der Waals surface area contributed by atoms with Crippen molar-refractivity contribution in [1.82, 2.24) is 5.43 Å². The average molecular weight is 186 g/mol. The van der Waals surface area contributed by atoms with Crippen LogP contribution in [-0.4, -0.2) is 31.1 Å². The third-order valence-corrected chi connectivity index (χ3v) is 1.57. The maximum Gasteiger partial charge on any atom is 0.246 e. The summed E-state index contributed by atoms with van der Waals surface area (Å²) in [6.07, 6.45) is -0.209. The van der Waals surface area contributed by atoms with Gasteiger partial charge in [0, 0.05) is 13.2 Å². The Morgan fingerprint density at radius 1 is 1.46 bits per heavy atom. The second-order valence-corrected chi connectivity index (χ2v) is 2.56. The Balaban J connectivity index is 2.49. The number of carbonyl (C=O) groups excluding carboxylic acids is 1. The van der Waals surface area contributed by atoms with Gasteiger partial charge in [-0.1, -0.05) is 0 Å². The van der Waals surface area contributed by atoms with Gasteiger partial charge in [-0.2, -0.15) is 5.10 Å². The zero-order chi connectivity index (χ0) is 9.68. The van der Waals surface area contributed by atoms with E-state index in [9.17, 15) is 4.79 Å². The molecule has 1 aliphatic heterocycles. The van der Waals surface area contributed by atoms with E-state index in [2.05, 4.69) is 10.5 Å². The van der Waals surface area contributed by atoms with Crippen LogP contribution in [0.3, 0.4) is 0 Å². The van der Waals surface area contributed by atoms with Crippen molar-refractivity contribution < 1.29 is 14.3 Å². The number of hydrogen-bond acceptors (Lipinski definition) is 4. The summed E-state index contributed by atoms with van der Waals surface area (Å²) in [6, 6.07) is 0. The molecule has 0 fully saturated rings. The minimum Gasteiger partial charge on any atom is -0.348 e. The molecule has 13 heavy (non-hydrogen) atoms. The number of nitrogens with zero attached hydrogens (tertiary/aromatic N) is 1. The highest BCUT2D eigenvalue weighted by molar-refractivity contribution is 6.06. The van der Waals surface area contributed by atoms with Crippen LogP contribution >= 0.6 is 0 Å². The monoisotopic (exact) mass is 186 g/mol. The largest absolute Gasteiger partial charge is 0.348 e. The van der Waals surface area contributed by atoms with E-state index in [1.54, 1.807) is 0 Å². The minimum absolute atomic E-state index is 0.112. The Labute approximate surface area is 77.1 Å². The number of hydrazone groups is 1. The van der Waals surface area contributed by atoms with Gasteiger partial charge in [-0.05, 0) is 13.8 Å². The Morgan fingerprint density at radius 3 is 2.46 bits per heavy atom. The lowest BCUT2D eigenvalue weighted by Gasteiger charge is -2.15. The summed E-state index contributed by atoms with van der Waals surface area (Å²) in [7, 11) is 0. The van der Waals surface area contributed by atoms with E-state index in [1.807, 2.05) is 13.8 Å². The molecule has 0 atom stereocenters. The van der Waals surface area contributed by atoms with Crippen LogP contribution in [0.5, 0.6) is 0 Å². The van der Waals surface area contributed by atoms with Gasteiger partial charge in [0.25, 0.3) is 0 Å². The van der Waals surface area contributed by atoms with E-state index < -0.39 is 6.29 Å². The van der Waals surface area contributed by atoms with E-state index >= 15 is 0 Å². The highest BCUT2D eigenvalue weighted by Crippen LogP contribution is 2.06. The molecule has 0 saturated carbocycles. The maximum absolute atomic E-state index is 10.8. The van der Waals surface area contributed by atoms with E-state index in [4.69, 9.17) is 9.47 Å². The van der Waals surface area contributed by atoms with Gasteiger partial charge in [0.05, 0.1) is 6.42 Å². The summed E-state index contributed by atoms with van der Waals surface area (Å²) in [5, 5.41) is 3.82. The maximum atomic E-state index is 10.8. The molecule has 1 rings (SSSR count). The molecule has 1 N–H and O–H groups in total. The van der Waals surface area contributed by atoms with Crippen LogP contribution in [0.1, 0.15) is 20.3 Å². The number of nitrogens with one attached hydrogen (secondary N) is 1. The number of rotatable bonds is 5. The summed E-state index contributed by atoms with van der Waals surface area (Å²) in [5.41, 5.74) is 2.98. The molecule has 0 aromatic heterocycles. The van der Waals surface area contributed by atoms with Gasteiger partial charge in [0.15, 0.2) is 6.29 Å². The van der Waals surface area contributed by atoms with Gasteiger partial charge < -0.3 is 9.47 Å². The van der Waals surface area contributed by atoms with Crippen molar-refractivity contribution >= 4 is 11.6 Å². The number of ether oxygens (including phenoxy) is 2. The Hall–Kier alpha value is -0.940. The quantitative estimate of drug-likeness (QED) is 0.626. The lowest BCUT2D eigenvalue weighted by Crippen LogP contribution is -2.27. The molecule has 1 heterocycles. The van der Waals surface area contributed by atoms with Gasteiger partial charge in [0.1, 0.15) is 5.71 Å². The Morgan fingerprint density at radius 2 is 2.08 bits per heavy atom.